The summed E-state index contributed by atoms with van der Waals surface area (Å²) in [7, 11) is 0. The number of hydrogen-bond acceptors (Lipinski definition) is 5. The second kappa shape index (κ2) is 8.89. The lowest BCUT2D eigenvalue weighted by atomic mass is 9.86. The van der Waals surface area contributed by atoms with Crippen LogP contribution in [-0.2, 0) is 11.3 Å². The van der Waals surface area contributed by atoms with Gasteiger partial charge >= 0.3 is 5.97 Å². The van der Waals surface area contributed by atoms with E-state index in [-0.39, 0.29) is 12.5 Å². The Morgan fingerprint density at radius 1 is 1.17 bits per heavy atom. The molecule has 0 unspecified atom stereocenters. The number of carboxylic acid groups (broad SMARTS) is 1. The maximum absolute atomic E-state index is 12.9. The van der Waals surface area contributed by atoms with Crippen LogP contribution in [0, 0.1) is 6.92 Å². The Balaban J connectivity index is 2.04. The van der Waals surface area contributed by atoms with Gasteiger partial charge in [-0.25, -0.2) is 4.68 Å². The van der Waals surface area contributed by atoms with E-state index < -0.39 is 35.3 Å². The molecule has 0 atom stereocenters. The molecule has 3 N–H and O–H groups in total. The first-order valence-corrected chi connectivity index (χ1v) is 9.76. The second-order valence-corrected chi connectivity index (χ2v) is 7.47. The lowest BCUT2D eigenvalue weighted by molar-refractivity contribution is -0.135. The monoisotopic (exact) mass is 399 g/mol. The molecule has 1 aliphatic rings. The summed E-state index contributed by atoms with van der Waals surface area (Å²) in [6.45, 7) is 1.47. The van der Waals surface area contributed by atoms with E-state index in [1.54, 1.807) is 0 Å². The standard InChI is InChI=1S/C21H25N3O5/c1-13-7-9-14(10-8-13)12-24-21(29)17(20(28)22-11-16(25)26)19(27)18(23-24)15-5-3-2-4-6-15/h7-10,15,27H,2-6,11-12H2,1H3,(H,22,28)(H,25,26). The molecular formula is C21H25N3O5. The molecule has 1 amide bonds. The lowest BCUT2D eigenvalue weighted by Crippen LogP contribution is -2.37. The van der Waals surface area contributed by atoms with Crippen LogP contribution in [-0.4, -0.2) is 38.4 Å². The molecule has 29 heavy (non-hydrogen) atoms. The number of aryl methyl sites for hydroxylation is 1. The average molecular weight is 399 g/mol. The molecule has 1 aliphatic carbocycles. The van der Waals surface area contributed by atoms with Crippen molar-refractivity contribution in [1.29, 1.82) is 0 Å². The molecule has 0 aliphatic heterocycles. The van der Waals surface area contributed by atoms with Crippen LogP contribution in [0.25, 0.3) is 0 Å². The molecule has 1 fully saturated rings. The molecule has 3 rings (SSSR count). The fourth-order valence-corrected chi connectivity index (χ4v) is 3.65. The Hall–Kier alpha value is -3.16. The van der Waals surface area contributed by atoms with Crippen LogP contribution in [0.5, 0.6) is 5.75 Å². The molecule has 1 saturated carbocycles. The average Bonchev–Trinajstić information content (AvgIpc) is 2.71. The van der Waals surface area contributed by atoms with Crippen molar-refractivity contribution in [1.82, 2.24) is 15.1 Å². The van der Waals surface area contributed by atoms with E-state index in [1.165, 1.54) is 4.68 Å². The summed E-state index contributed by atoms with van der Waals surface area (Å²) in [5, 5.41) is 26.1. The lowest BCUT2D eigenvalue weighted by Gasteiger charge is -2.23. The van der Waals surface area contributed by atoms with Gasteiger partial charge in [0.1, 0.15) is 17.8 Å². The second-order valence-electron chi connectivity index (χ2n) is 7.47. The van der Waals surface area contributed by atoms with Crippen molar-refractivity contribution < 1.29 is 19.8 Å². The van der Waals surface area contributed by atoms with E-state index in [1.807, 2.05) is 31.2 Å². The topological polar surface area (TPSA) is 122 Å². The summed E-state index contributed by atoms with van der Waals surface area (Å²) in [5.74, 6) is -2.63. The minimum absolute atomic E-state index is 0.0420. The zero-order valence-corrected chi connectivity index (χ0v) is 16.4. The number of nitrogens with zero attached hydrogens (tertiary/aromatic N) is 2. The minimum atomic E-state index is -1.24. The molecule has 154 valence electrons. The Morgan fingerprint density at radius 3 is 2.45 bits per heavy atom. The van der Waals surface area contributed by atoms with Crippen LogP contribution in [0.4, 0.5) is 0 Å². The number of aromatic hydroxyl groups is 1. The first-order valence-electron chi connectivity index (χ1n) is 9.76. The number of aliphatic carboxylic acids is 1. The molecule has 2 aromatic rings. The fraction of sp³-hybridized carbons (Fsp3) is 0.429. The number of hydrogen-bond donors (Lipinski definition) is 3. The number of carboxylic acids is 1. The maximum atomic E-state index is 12.9. The van der Waals surface area contributed by atoms with Crippen molar-refractivity contribution in [2.24, 2.45) is 0 Å². The molecule has 8 nitrogen and oxygen atoms in total. The Bertz CT molecular complexity index is 960. The molecule has 0 radical (unpaired) electrons. The van der Waals surface area contributed by atoms with Crippen molar-refractivity contribution >= 4 is 11.9 Å². The number of amides is 1. The van der Waals surface area contributed by atoms with Gasteiger partial charge in [-0.15, -0.1) is 0 Å². The van der Waals surface area contributed by atoms with Gasteiger partial charge in [0, 0.05) is 5.92 Å². The highest BCUT2D eigenvalue weighted by Crippen LogP contribution is 2.36. The highest BCUT2D eigenvalue weighted by Gasteiger charge is 2.28. The van der Waals surface area contributed by atoms with Crippen molar-refractivity contribution in [3.63, 3.8) is 0 Å². The maximum Gasteiger partial charge on any atom is 0.322 e. The molecule has 1 aromatic heterocycles. The van der Waals surface area contributed by atoms with Gasteiger partial charge in [0.15, 0.2) is 5.75 Å². The Kier molecular flexibility index (Phi) is 6.31. The zero-order chi connectivity index (χ0) is 21.0. The quantitative estimate of drug-likeness (QED) is 0.684. The van der Waals surface area contributed by atoms with Crippen LogP contribution < -0.4 is 10.9 Å². The van der Waals surface area contributed by atoms with Crippen molar-refractivity contribution in [2.45, 2.75) is 51.5 Å². The van der Waals surface area contributed by atoms with Crippen molar-refractivity contribution in [2.75, 3.05) is 6.54 Å². The molecule has 0 bridgehead atoms. The molecule has 1 heterocycles. The highest BCUT2D eigenvalue weighted by molar-refractivity contribution is 5.98. The number of benzene rings is 1. The molecular weight excluding hydrogens is 374 g/mol. The summed E-state index contributed by atoms with van der Waals surface area (Å²) in [6, 6.07) is 7.59. The van der Waals surface area contributed by atoms with Gasteiger partial charge in [0.05, 0.1) is 6.54 Å². The van der Waals surface area contributed by atoms with Crippen LogP contribution in [0.15, 0.2) is 29.1 Å². The number of nitrogens with one attached hydrogen (secondary N) is 1. The van der Waals surface area contributed by atoms with Crippen LogP contribution in [0.3, 0.4) is 0 Å². The summed E-state index contributed by atoms with van der Waals surface area (Å²) in [5.41, 5.74) is 1.05. The van der Waals surface area contributed by atoms with Gasteiger partial charge < -0.3 is 15.5 Å². The van der Waals surface area contributed by atoms with Crippen LogP contribution in [0.2, 0.25) is 0 Å². The van der Waals surface area contributed by atoms with E-state index in [2.05, 4.69) is 10.4 Å². The largest absolute Gasteiger partial charge is 0.505 e. The molecule has 1 aromatic carbocycles. The predicted molar refractivity (Wildman–Crippen MR) is 106 cm³/mol. The summed E-state index contributed by atoms with van der Waals surface area (Å²) in [4.78, 5) is 36.2. The number of rotatable bonds is 6. The summed E-state index contributed by atoms with van der Waals surface area (Å²) in [6.07, 6.45) is 4.72. The zero-order valence-electron chi connectivity index (χ0n) is 16.4. The molecule has 0 saturated heterocycles. The number of carbonyl (C=O) groups is 2. The third-order valence-corrected chi connectivity index (χ3v) is 5.23. The first-order chi connectivity index (χ1) is 13.9. The number of carbonyl (C=O) groups excluding carboxylic acids is 1. The molecule has 0 spiro atoms. The van der Waals surface area contributed by atoms with Gasteiger partial charge in [-0.3, -0.25) is 14.4 Å². The van der Waals surface area contributed by atoms with Gasteiger partial charge in [-0.05, 0) is 25.3 Å². The predicted octanol–water partition coefficient (Wildman–Crippen LogP) is 2.17. The van der Waals surface area contributed by atoms with Crippen molar-refractivity contribution in [3.8, 4) is 5.75 Å². The van der Waals surface area contributed by atoms with Gasteiger partial charge in [-0.2, -0.15) is 5.10 Å². The normalized spacial score (nSPS) is 14.5. The van der Waals surface area contributed by atoms with E-state index >= 15 is 0 Å². The van der Waals surface area contributed by atoms with E-state index in [0.29, 0.717) is 5.69 Å². The summed E-state index contributed by atoms with van der Waals surface area (Å²) >= 11 is 0. The SMILES string of the molecule is Cc1ccc(Cn2nc(C3CCCCC3)c(O)c(C(=O)NCC(=O)O)c2=O)cc1. The number of aromatic nitrogens is 2. The van der Waals surface area contributed by atoms with E-state index in [0.717, 1.165) is 43.2 Å². The Labute approximate surface area is 168 Å². The fourth-order valence-electron chi connectivity index (χ4n) is 3.65. The summed E-state index contributed by atoms with van der Waals surface area (Å²) < 4.78 is 1.18. The first kappa shape index (κ1) is 20.6. The van der Waals surface area contributed by atoms with Gasteiger partial charge in [-0.1, -0.05) is 49.1 Å². The highest BCUT2D eigenvalue weighted by atomic mass is 16.4. The Morgan fingerprint density at radius 2 is 1.83 bits per heavy atom. The van der Waals surface area contributed by atoms with Crippen LogP contribution >= 0.6 is 0 Å². The molecule has 8 heteroatoms. The third kappa shape index (κ3) is 4.82. The smallest absolute Gasteiger partial charge is 0.322 e. The third-order valence-electron chi connectivity index (χ3n) is 5.23. The van der Waals surface area contributed by atoms with Gasteiger partial charge in [0.25, 0.3) is 11.5 Å². The van der Waals surface area contributed by atoms with Crippen molar-refractivity contribution in [3.05, 3.63) is 57.0 Å². The van der Waals surface area contributed by atoms with Gasteiger partial charge in [0.2, 0.25) is 0 Å². The van der Waals surface area contributed by atoms with Crippen LogP contribution in [0.1, 0.15) is 65.2 Å². The van der Waals surface area contributed by atoms with E-state index in [4.69, 9.17) is 5.11 Å². The minimum Gasteiger partial charge on any atom is -0.505 e. The van der Waals surface area contributed by atoms with E-state index in [9.17, 15) is 19.5 Å².